The summed E-state index contributed by atoms with van der Waals surface area (Å²) in [6.45, 7) is 1.24. The van der Waals surface area contributed by atoms with Gasteiger partial charge < -0.3 is 10.8 Å². The van der Waals surface area contributed by atoms with Crippen molar-refractivity contribution in [3.8, 4) is 5.75 Å². The maximum atomic E-state index is 12.5. The predicted octanol–water partition coefficient (Wildman–Crippen LogP) is 1.39. The highest BCUT2D eigenvalue weighted by Gasteiger charge is 2.41. The third kappa shape index (κ3) is 2.08. The van der Waals surface area contributed by atoms with Gasteiger partial charge in [0, 0.05) is 13.1 Å². The van der Waals surface area contributed by atoms with Crippen LogP contribution in [0.4, 0.5) is 5.69 Å². The molecule has 3 rings (SSSR count). The van der Waals surface area contributed by atoms with Crippen LogP contribution in [0.2, 0.25) is 0 Å². The van der Waals surface area contributed by atoms with Crippen LogP contribution in [0.5, 0.6) is 5.75 Å². The number of fused-ring (bicyclic) bond motifs is 1. The molecule has 1 saturated heterocycles. The van der Waals surface area contributed by atoms with E-state index >= 15 is 0 Å². The Morgan fingerprint density at radius 2 is 1.84 bits per heavy atom. The monoisotopic (exact) mass is 282 g/mol. The number of phenols is 1. The molecule has 1 saturated carbocycles. The van der Waals surface area contributed by atoms with Gasteiger partial charge in [0.15, 0.2) is 0 Å². The minimum Gasteiger partial charge on any atom is -0.506 e. The second-order valence-corrected chi connectivity index (χ2v) is 7.43. The highest BCUT2D eigenvalue weighted by atomic mass is 32.2. The summed E-state index contributed by atoms with van der Waals surface area (Å²) in [6, 6.07) is 4.08. The van der Waals surface area contributed by atoms with Gasteiger partial charge in [0.25, 0.3) is 0 Å². The van der Waals surface area contributed by atoms with E-state index in [9.17, 15) is 13.5 Å². The van der Waals surface area contributed by atoms with Crippen LogP contribution in [-0.2, 0) is 10.0 Å². The molecular weight excluding hydrogens is 264 g/mol. The fourth-order valence-corrected chi connectivity index (χ4v) is 4.82. The maximum Gasteiger partial charge on any atom is 0.243 e. The molecule has 0 amide bonds. The molecule has 1 aromatic rings. The van der Waals surface area contributed by atoms with E-state index in [-0.39, 0.29) is 16.3 Å². The molecule has 2 atom stereocenters. The van der Waals surface area contributed by atoms with Crippen LogP contribution < -0.4 is 5.73 Å². The summed E-state index contributed by atoms with van der Waals surface area (Å²) in [5, 5.41) is 9.37. The minimum absolute atomic E-state index is 0.0859. The zero-order valence-corrected chi connectivity index (χ0v) is 11.4. The predicted molar refractivity (Wildman–Crippen MR) is 72.1 cm³/mol. The van der Waals surface area contributed by atoms with Gasteiger partial charge in [-0.05, 0) is 42.9 Å². The normalized spacial score (nSPS) is 27.6. The molecule has 0 spiro atoms. The Kier molecular flexibility index (Phi) is 2.94. The summed E-state index contributed by atoms with van der Waals surface area (Å²) in [7, 11) is -3.48. The van der Waals surface area contributed by atoms with Gasteiger partial charge in [0.1, 0.15) is 5.75 Å². The molecule has 2 aliphatic rings. The number of phenolic OH excluding ortho intramolecular Hbond substituents is 1. The number of nitrogen functional groups attached to an aromatic ring is 1. The van der Waals surface area contributed by atoms with Gasteiger partial charge in [0.2, 0.25) is 10.0 Å². The SMILES string of the molecule is Nc1cc(S(=O)(=O)N2CC3CCCC3C2)ccc1O. The lowest BCUT2D eigenvalue weighted by atomic mass is 10.0. The van der Waals surface area contributed by atoms with E-state index in [2.05, 4.69) is 0 Å². The van der Waals surface area contributed by atoms with Gasteiger partial charge in [-0.2, -0.15) is 4.31 Å². The van der Waals surface area contributed by atoms with Crippen molar-refractivity contribution in [2.24, 2.45) is 11.8 Å². The lowest BCUT2D eigenvalue weighted by Crippen LogP contribution is -2.29. The fraction of sp³-hybridized carbons (Fsp3) is 0.538. The number of nitrogens with two attached hydrogens (primary N) is 1. The minimum atomic E-state index is -3.48. The number of nitrogens with zero attached hydrogens (tertiary/aromatic N) is 1. The van der Waals surface area contributed by atoms with Crippen LogP contribution in [0.1, 0.15) is 19.3 Å². The van der Waals surface area contributed by atoms with Crippen LogP contribution in [-0.4, -0.2) is 30.9 Å². The molecule has 1 heterocycles. The van der Waals surface area contributed by atoms with Crippen molar-refractivity contribution in [2.75, 3.05) is 18.8 Å². The quantitative estimate of drug-likeness (QED) is 0.634. The topological polar surface area (TPSA) is 83.6 Å². The highest BCUT2D eigenvalue weighted by molar-refractivity contribution is 7.89. The molecule has 0 aromatic heterocycles. The first-order chi connectivity index (χ1) is 8.98. The van der Waals surface area contributed by atoms with E-state index in [0.717, 1.165) is 12.8 Å². The number of sulfonamides is 1. The van der Waals surface area contributed by atoms with E-state index in [1.54, 1.807) is 4.31 Å². The molecule has 2 unspecified atom stereocenters. The van der Waals surface area contributed by atoms with Crippen LogP contribution >= 0.6 is 0 Å². The average molecular weight is 282 g/mol. The number of anilines is 1. The second kappa shape index (κ2) is 4.38. The number of hydrogen-bond acceptors (Lipinski definition) is 4. The lowest BCUT2D eigenvalue weighted by molar-refractivity contribution is 0.445. The van der Waals surface area contributed by atoms with Crippen molar-refractivity contribution in [3.63, 3.8) is 0 Å². The van der Waals surface area contributed by atoms with Crippen LogP contribution in [0, 0.1) is 11.8 Å². The fourth-order valence-electron chi connectivity index (χ4n) is 3.23. The Bertz CT molecular complexity index is 588. The smallest absolute Gasteiger partial charge is 0.243 e. The standard InChI is InChI=1S/C13H18N2O3S/c14-12-6-11(4-5-13(12)16)19(17,18)15-7-9-2-1-3-10(9)8-15/h4-6,9-10,16H,1-3,7-8,14H2. The number of benzene rings is 1. The molecular formula is C13H18N2O3S. The number of hydrogen-bond donors (Lipinski definition) is 2. The van der Waals surface area contributed by atoms with E-state index in [1.807, 2.05) is 0 Å². The molecule has 1 aliphatic carbocycles. The molecule has 19 heavy (non-hydrogen) atoms. The van der Waals surface area contributed by atoms with Crippen LogP contribution in [0.15, 0.2) is 23.1 Å². The Morgan fingerprint density at radius 1 is 1.21 bits per heavy atom. The molecule has 1 aromatic carbocycles. The summed E-state index contributed by atoms with van der Waals surface area (Å²) in [5.41, 5.74) is 5.67. The van der Waals surface area contributed by atoms with Crippen molar-refractivity contribution >= 4 is 15.7 Å². The Morgan fingerprint density at radius 3 is 2.42 bits per heavy atom. The summed E-state index contributed by atoms with van der Waals surface area (Å²) in [4.78, 5) is 0.169. The van der Waals surface area contributed by atoms with Gasteiger partial charge in [0.05, 0.1) is 10.6 Å². The molecule has 5 nitrogen and oxygen atoms in total. The zero-order chi connectivity index (χ0) is 13.6. The largest absolute Gasteiger partial charge is 0.506 e. The van der Waals surface area contributed by atoms with Crippen molar-refractivity contribution in [1.29, 1.82) is 0 Å². The van der Waals surface area contributed by atoms with E-state index in [4.69, 9.17) is 5.73 Å². The zero-order valence-electron chi connectivity index (χ0n) is 10.6. The van der Waals surface area contributed by atoms with Crippen LogP contribution in [0.3, 0.4) is 0 Å². The van der Waals surface area contributed by atoms with Crippen molar-refractivity contribution < 1.29 is 13.5 Å². The van der Waals surface area contributed by atoms with Gasteiger partial charge in [-0.1, -0.05) is 6.42 Å². The highest BCUT2D eigenvalue weighted by Crippen LogP contribution is 2.40. The van der Waals surface area contributed by atoms with E-state index in [0.29, 0.717) is 24.9 Å². The van der Waals surface area contributed by atoms with Gasteiger partial charge in [-0.3, -0.25) is 0 Å². The molecule has 0 radical (unpaired) electrons. The van der Waals surface area contributed by atoms with Gasteiger partial charge in [-0.25, -0.2) is 8.42 Å². The Balaban J connectivity index is 1.88. The number of rotatable bonds is 2. The molecule has 2 fully saturated rings. The lowest BCUT2D eigenvalue weighted by Gasteiger charge is -2.17. The maximum absolute atomic E-state index is 12.5. The van der Waals surface area contributed by atoms with E-state index in [1.165, 1.54) is 24.6 Å². The third-order valence-electron chi connectivity index (χ3n) is 4.33. The van der Waals surface area contributed by atoms with Gasteiger partial charge in [-0.15, -0.1) is 0 Å². The summed E-state index contributed by atoms with van der Waals surface area (Å²) < 4.78 is 26.6. The van der Waals surface area contributed by atoms with E-state index < -0.39 is 10.0 Å². The van der Waals surface area contributed by atoms with Crippen molar-refractivity contribution in [3.05, 3.63) is 18.2 Å². The third-order valence-corrected chi connectivity index (χ3v) is 6.16. The first-order valence-electron chi connectivity index (χ1n) is 6.57. The first kappa shape index (κ1) is 12.7. The molecule has 1 aliphatic heterocycles. The molecule has 104 valence electrons. The second-order valence-electron chi connectivity index (χ2n) is 5.49. The van der Waals surface area contributed by atoms with Crippen molar-refractivity contribution in [1.82, 2.24) is 4.31 Å². The molecule has 3 N–H and O–H groups in total. The van der Waals surface area contributed by atoms with Gasteiger partial charge >= 0.3 is 0 Å². The van der Waals surface area contributed by atoms with Crippen LogP contribution in [0.25, 0.3) is 0 Å². The summed E-state index contributed by atoms with van der Waals surface area (Å²) in [5.74, 6) is 0.950. The average Bonchev–Trinajstić information content (AvgIpc) is 2.93. The van der Waals surface area contributed by atoms with Crippen molar-refractivity contribution in [2.45, 2.75) is 24.2 Å². The summed E-state index contributed by atoms with van der Waals surface area (Å²) in [6.07, 6.45) is 3.48. The molecule has 6 heteroatoms. The Hall–Kier alpha value is -1.27. The first-order valence-corrected chi connectivity index (χ1v) is 8.01. The molecule has 0 bridgehead atoms. The number of aromatic hydroxyl groups is 1. The Labute approximate surface area is 113 Å². The summed E-state index contributed by atoms with van der Waals surface area (Å²) >= 11 is 0.